The van der Waals surface area contributed by atoms with Crippen molar-refractivity contribution in [1.82, 2.24) is 0 Å². The highest BCUT2D eigenvalue weighted by Gasteiger charge is 2.30. The van der Waals surface area contributed by atoms with Crippen LogP contribution < -0.4 is 5.73 Å². The lowest BCUT2D eigenvalue weighted by Gasteiger charge is -2.29. The van der Waals surface area contributed by atoms with Crippen LogP contribution in [0.25, 0.3) is 0 Å². The van der Waals surface area contributed by atoms with E-state index in [1.54, 1.807) is 0 Å². The average Bonchev–Trinajstić information content (AvgIpc) is 2.39. The second kappa shape index (κ2) is 6.93. The molecule has 0 saturated heterocycles. The number of hydrogen-bond acceptors (Lipinski definition) is 2. The summed E-state index contributed by atoms with van der Waals surface area (Å²) in [6.07, 6.45) is 9.30. The van der Waals surface area contributed by atoms with Gasteiger partial charge < -0.3 is 10.8 Å². The summed E-state index contributed by atoms with van der Waals surface area (Å²) in [4.78, 5) is 0. The Kier molecular flexibility index (Phi) is 6.25. The van der Waals surface area contributed by atoms with Gasteiger partial charge in [0, 0.05) is 0 Å². The molecule has 0 radical (unpaired) electrons. The number of hydrogen-bond donors (Lipinski definition) is 2. The zero-order valence-corrected chi connectivity index (χ0v) is 11.8. The van der Waals surface area contributed by atoms with Crippen molar-refractivity contribution >= 4 is 9.24 Å². The third-order valence-corrected chi connectivity index (χ3v) is 4.49. The van der Waals surface area contributed by atoms with Crippen molar-refractivity contribution < 1.29 is 5.11 Å². The summed E-state index contributed by atoms with van der Waals surface area (Å²) in [6.45, 7) is 3.15. The molecule has 1 saturated carbocycles. The number of nitrogens with two attached hydrogens (primary N) is 1. The molecular formula is C13H28NOP. The molecular weight excluding hydrogens is 217 g/mol. The Hall–Kier alpha value is 0.350. The lowest BCUT2D eigenvalue weighted by Crippen LogP contribution is -2.24. The molecule has 0 aromatic carbocycles. The normalized spacial score (nSPS) is 33.4. The van der Waals surface area contributed by atoms with Crippen molar-refractivity contribution in [2.75, 3.05) is 6.54 Å². The third-order valence-electron chi connectivity index (χ3n) is 3.97. The topological polar surface area (TPSA) is 46.2 Å². The molecule has 1 rings (SSSR count). The predicted molar refractivity (Wildman–Crippen MR) is 73.3 cm³/mol. The van der Waals surface area contributed by atoms with Gasteiger partial charge in [-0.25, -0.2) is 0 Å². The van der Waals surface area contributed by atoms with Crippen molar-refractivity contribution in [2.24, 2.45) is 17.6 Å². The van der Waals surface area contributed by atoms with Crippen LogP contribution in [0.4, 0.5) is 0 Å². The monoisotopic (exact) mass is 245 g/mol. The first-order chi connectivity index (χ1) is 7.55. The van der Waals surface area contributed by atoms with Gasteiger partial charge in [0.25, 0.3) is 0 Å². The van der Waals surface area contributed by atoms with Crippen molar-refractivity contribution in [3.8, 4) is 0 Å². The Morgan fingerprint density at radius 3 is 2.88 bits per heavy atom. The highest BCUT2D eigenvalue weighted by molar-refractivity contribution is 7.18. The quantitative estimate of drug-likeness (QED) is 0.444. The van der Waals surface area contributed by atoms with E-state index >= 15 is 0 Å². The van der Waals surface area contributed by atoms with E-state index in [0.717, 1.165) is 31.7 Å². The maximum atomic E-state index is 10.2. The van der Waals surface area contributed by atoms with Crippen LogP contribution in [0, 0.1) is 11.8 Å². The standard InChI is InChI=1S/C13H28NOP/c1-11(6-3-5-9-14)12-7-2-4-8-13(15,16)10-12/h11-12,15H,2-10,14,16H2,1H3. The summed E-state index contributed by atoms with van der Waals surface area (Å²) in [7, 11) is 2.66. The van der Waals surface area contributed by atoms with E-state index in [1.807, 2.05) is 0 Å². The molecule has 0 bridgehead atoms. The van der Waals surface area contributed by atoms with Crippen LogP contribution in [0.5, 0.6) is 0 Å². The van der Waals surface area contributed by atoms with Crippen molar-refractivity contribution in [3.05, 3.63) is 0 Å². The molecule has 0 aromatic rings. The Bertz CT molecular complexity index is 196. The maximum absolute atomic E-state index is 10.2. The van der Waals surface area contributed by atoms with E-state index in [2.05, 4.69) is 16.2 Å². The SMILES string of the molecule is CC(CCCCN)C1CCCCC(O)(P)C1. The van der Waals surface area contributed by atoms with Gasteiger partial charge in [-0.1, -0.05) is 39.0 Å². The molecule has 0 aliphatic heterocycles. The molecule has 1 aliphatic rings. The van der Waals surface area contributed by atoms with Crippen molar-refractivity contribution in [1.29, 1.82) is 0 Å². The Morgan fingerprint density at radius 1 is 1.44 bits per heavy atom. The van der Waals surface area contributed by atoms with E-state index in [4.69, 9.17) is 5.73 Å². The molecule has 0 amide bonds. The van der Waals surface area contributed by atoms with E-state index in [-0.39, 0.29) is 0 Å². The summed E-state index contributed by atoms with van der Waals surface area (Å²) in [5.74, 6) is 1.43. The first-order valence-electron chi connectivity index (χ1n) is 6.76. The average molecular weight is 245 g/mol. The molecule has 0 spiro atoms. The summed E-state index contributed by atoms with van der Waals surface area (Å²) >= 11 is 0. The van der Waals surface area contributed by atoms with Crippen LogP contribution in [0.3, 0.4) is 0 Å². The van der Waals surface area contributed by atoms with E-state index in [1.165, 1.54) is 32.1 Å². The van der Waals surface area contributed by atoms with E-state index in [0.29, 0.717) is 5.92 Å². The van der Waals surface area contributed by atoms with Gasteiger partial charge in [-0.3, -0.25) is 0 Å². The Labute approximate surface area is 103 Å². The highest BCUT2D eigenvalue weighted by atomic mass is 31.0. The van der Waals surface area contributed by atoms with Gasteiger partial charge in [0.05, 0.1) is 5.34 Å². The summed E-state index contributed by atoms with van der Waals surface area (Å²) in [6, 6.07) is 0. The first-order valence-corrected chi connectivity index (χ1v) is 7.34. The largest absolute Gasteiger partial charge is 0.386 e. The van der Waals surface area contributed by atoms with Crippen LogP contribution in [-0.4, -0.2) is 17.0 Å². The molecule has 0 aromatic heterocycles. The van der Waals surface area contributed by atoms with Gasteiger partial charge in [0.2, 0.25) is 0 Å². The highest BCUT2D eigenvalue weighted by Crippen LogP contribution is 2.39. The van der Waals surface area contributed by atoms with Crippen LogP contribution >= 0.6 is 9.24 Å². The fourth-order valence-corrected chi connectivity index (χ4v) is 3.33. The molecule has 3 N–H and O–H groups in total. The number of rotatable bonds is 5. The molecule has 4 unspecified atom stereocenters. The summed E-state index contributed by atoms with van der Waals surface area (Å²) < 4.78 is 0. The van der Waals surface area contributed by atoms with Gasteiger partial charge in [-0.2, -0.15) is 0 Å². The molecule has 3 heteroatoms. The van der Waals surface area contributed by atoms with Gasteiger partial charge in [0.1, 0.15) is 0 Å². The van der Waals surface area contributed by atoms with Crippen molar-refractivity contribution in [2.45, 2.75) is 63.6 Å². The van der Waals surface area contributed by atoms with Crippen molar-refractivity contribution in [3.63, 3.8) is 0 Å². The van der Waals surface area contributed by atoms with E-state index < -0.39 is 5.34 Å². The van der Waals surface area contributed by atoms with Gasteiger partial charge >= 0.3 is 0 Å². The van der Waals surface area contributed by atoms with Gasteiger partial charge in [-0.05, 0) is 37.6 Å². The van der Waals surface area contributed by atoms with Gasteiger partial charge in [-0.15, -0.1) is 9.24 Å². The van der Waals surface area contributed by atoms with E-state index in [9.17, 15) is 5.11 Å². The minimum Gasteiger partial charge on any atom is -0.386 e. The maximum Gasteiger partial charge on any atom is 0.0781 e. The summed E-state index contributed by atoms with van der Waals surface area (Å²) in [5.41, 5.74) is 5.52. The molecule has 2 nitrogen and oxygen atoms in total. The molecule has 1 fully saturated rings. The lowest BCUT2D eigenvalue weighted by molar-refractivity contribution is 0.0916. The second-order valence-corrected chi connectivity index (χ2v) is 6.65. The number of unbranched alkanes of at least 4 members (excludes halogenated alkanes) is 1. The molecule has 16 heavy (non-hydrogen) atoms. The van der Waals surface area contributed by atoms with Crippen LogP contribution in [-0.2, 0) is 0 Å². The smallest absolute Gasteiger partial charge is 0.0781 e. The van der Waals surface area contributed by atoms with Gasteiger partial charge in [0.15, 0.2) is 0 Å². The number of aliphatic hydroxyl groups is 1. The Morgan fingerprint density at radius 2 is 2.19 bits per heavy atom. The molecule has 0 heterocycles. The lowest BCUT2D eigenvalue weighted by atomic mass is 9.83. The minimum atomic E-state index is -0.497. The predicted octanol–water partition coefficient (Wildman–Crippen LogP) is 2.90. The van der Waals surface area contributed by atoms with Crippen LogP contribution in [0.1, 0.15) is 58.3 Å². The zero-order valence-electron chi connectivity index (χ0n) is 10.6. The van der Waals surface area contributed by atoms with Crippen LogP contribution in [0.2, 0.25) is 0 Å². The fraction of sp³-hybridized carbons (Fsp3) is 1.00. The zero-order chi connectivity index (χ0) is 12.0. The molecule has 96 valence electrons. The Balaban J connectivity index is 2.37. The third kappa shape index (κ3) is 5.12. The minimum absolute atomic E-state index is 0.497. The van der Waals surface area contributed by atoms with Crippen LogP contribution in [0.15, 0.2) is 0 Å². The molecule has 1 aliphatic carbocycles. The first kappa shape index (κ1) is 14.4. The second-order valence-electron chi connectivity index (χ2n) is 5.58. The fourth-order valence-electron chi connectivity index (χ4n) is 2.83. The molecule has 4 atom stereocenters. The summed E-state index contributed by atoms with van der Waals surface area (Å²) in [5, 5.41) is 9.69.